The van der Waals surface area contributed by atoms with Gasteiger partial charge < -0.3 is 4.74 Å². The Morgan fingerprint density at radius 1 is 1.18 bits per heavy atom. The summed E-state index contributed by atoms with van der Waals surface area (Å²) in [5, 5.41) is 8.70. The molecule has 1 fully saturated rings. The predicted octanol–water partition coefficient (Wildman–Crippen LogP) is 3.24. The number of aromatic nitrogens is 3. The topological polar surface area (TPSA) is 77.3 Å². The van der Waals surface area contributed by atoms with E-state index in [0.29, 0.717) is 25.3 Å². The zero-order valence-corrected chi connectivity index (χ0v) is 16.8. The first-order chi connectivity index (χ1) is 13.5. The van der Waals surface area contributed by atoms with Crippen molar-refractivity contribution in [1.29, 1.82) is 0 Å². The molecule has 3 aromatic rings. The normalized spacial score (nSPS) is 17.7. The zero-order valence-electron chi connectivity index (χ0n) is 15.2. The number of ether oxygens (including phenoxy) is 1. The molecule has 0 unspecified atom stereocenters. The molecular weight excluding hydrogens is 400 g/mol. The van der Waals surface area contributed by atoms with Crippen molar-refractivity contribution in [2.45, 2.75) is 17.4 Å². The van der Waals surface area contributed by atoms with Crippen LogP contribution in [0.1, 0.15) is 12.5 Å². The molecule has 1 aromatic heterocycles. The van der Waals surface area contributed by atoms with Crippen LogP contribution in [0.4, 0.5) is 0 Å². The molecule has 7 nitrogen and oxygen atoms in total. The van der Waals surface area contributed by atoms with Crippen molar-refractivity contribution >= 4 is 21.6 Å². The van der Waals surface area contributed by atoms with Gasteiger partial charge in [-0.1, -0.05) is 47.1 Å². The number of nitrogens with zero attached hydrogens (tertiary/aromatic N) is 4. The summed E-state index contributed by atoms with van der Waals surface area (Å²) in [6, 6.07) is 14.2. The lowest BCUT2D eigenvalue weighted by molar-refractivity contribution is 0.414. The molecule has 2 aromatic carbocycles. The summed E-state index contributed by atoms with van der Waals surface area (Å²) in [7, 11) is -2.15. The lowest BCUT2D eigenvalue weighted by atomic mass is 10.2. The third-order valence-corrected chi connectivity index (χ3v) is 7.00. The Bertz CT molecular complexity index is 1090. The highest BCUT2D eigenvalue weighted by molar-refractivity contribution is 7.89. The number of benzene rings is 2. The summed E-state index contributed by atoms with van der Waals surface area (Å²) >= 11 is 6.10. The van der Waals surface area contributed by atoms with E-state index >= 15 is 0 Å². The Labute approximate surface area is 168 Å². The molecule has 146 valence electrons. The van der Waals surface area contributed by atoms with Gasteiger partial charge in [0.1, 0.15) is 11.4 Å². The first kappa shape index (κ1) is 18.9. The molecule has 9 heteroatoms. The number of hydrogen-bond acceptors (Lipinski definition) is 5. The van der Waals surface area contributed by atoms with Gasteiger partial charge in [-0.05, 0) is 24.6 Å². The van der Waals surface area contributed by atoms with Crippen LogP contribution < -0.4 is 4.74 Å². The van der Waals surface area contributed by atoms with Gasteiger partial charge in [-0.15, -0.1) is 5.10 Å². The van der Waals surface area contributed by atoms with E-state index in [1.54, 1.807) is 10.7 Å². The van der Waals surface area contributed by atoms with Gasteiger partial charge >= 0.3 is 0 Å². The highest BCUT2D eigenvalue weighted by atomic mass is 35.5. The molecule has 1 aliphatic heterocycles. The van der Waals surface area contributed by atoms with E-state index < -0.39 is 10.0 Å². The maximum absolute atomic E-state index is 13.0. The molecule has 1 atom stereocenters. The van der Waals surface area contributed by atoms with E-state index in [2.05, 4.69) is 10.3 Å². The summed E-state index contributed by atoms with van der Waals surface area (Å²) in [6.45, 7) is 0.751. The van der Waals surface area contributed by atoms with Gasteiger partial charge in [0.15, 0.2) is 0 Å². The maximum atomic E-state index is 13.0. The molecule has 2 heterocycles. The van der Waals surface area contributed by atoms with Gasteiger partial charge in [0.25, 0.3) is 0 Å². The molecule has 1 saturated heterocycles. The van der Waals surface area contributed by atoms with Crippen LogP contribution in [0.2, 0.25) is 5.02 Å². The van der Waals surface area contributed by atoms with Gasteiger partial charge in [0.2, 0.25) is 10.0 Å². The van der Waals surface area contributed by atoms with Crippen LogP contribution in [-0.2, 0) is 10.0 Å². The van der Waals surface area contributed by atoms with Crippen LogP contribution in [0.5, 0.6) is 5.75 Å². The van der Waals surface area contributed by atoms with Crippen molar-refractivity contribution in [1.82, 2.24) is 19.3 Å². The second-order valence-corrected chi connectivity index (χ2v) is 8.90. The summed E-state index contributed by atoms with van der Waals surface area (Å²) in [5.41, 5.74) is 1.74. The summed E-state index contributed by atoms with van der Waals surface area (Å²) in [4.78, 5) is 0.155. The Morgan fingerprint density at radius 2 is 1.96 bits per heavy atom. The Hall–Kier alpha value is -2.42. The Kier molecular flexibility index (Phi) is 5.09. The van der Waals surface area contributed by atoms with Crippen molar-refractivity contribution in [3.05, 3.63) is 59.8 Å². The van der Waals surface area contributed by atoms with E-state index in [4.69, 9.17) is 16.3 Å². The Morgan fingerprint density at radius 3 is 2.68 bits per heavy atom. The van der Waals surface area contributed by atoms with Crippen LogP contribution in [0.3, 0.4) is 0 Å². The minimum atomic E-state index is -3.64. The van der Waals surface area contributed by atoms with E-state index in [-0.39, 0.29) is 16.0 Å². The van der Waals surface area contributed by atoms with E-state index in [0.717, 1.165) is 11.3 Å². The highest BCUT2D eigenvalue weighted by Gasteiger charge is 2.34. The van der Waals surface area contributed by atoms with Crippen molar-refractivity contribution in [3.8, 4) is 17.0 Å². The predicted molar refractivity (Wildman–Crippen MR) is 106 cm³/mol. The molecule has 0 saturated carbocycles. The van der Waals surface area contributed by atoms with Crippen molar-refractivity contribution in [2.24, 2.45) is 0 Å². The molecule has 0 radical (unpaired) electrons. The molecular formula is C19H19ClN4O3S. The fourth-order valence-electron chi connectivity index (χ4n) is 3.30. The lowest BCUT2D eigenvalue weighted by Gasteiger charge is -2.17. The average molecular weight is 419 g/mol. The molecule has 0 bridgehead atoms. The van der Waals surface area contributed by atoms with Gasteiger partial charge in [-0.3, -0.25) is 0 Å². The maximum Gasteiger partial charge on any atom is 0.243 e. The minimum absolute atomic E-state index is 0.0616. The minimum Gasteiger partial charge on any atom is -0.495 e. The van der Waals surface area contributed by atoms with Gasteiger partial charge in [-0.2, -0.15) is 4.31 Å². The van der Waals surface area contributed by atoms with E-state index in [1.165, 1.54) is 23.5 Å². The van der Waals surface area contributed by atoms with E-state index in [9.17, 15) is 8.42 Å². The van der Waals surface area contributed by atoms with Gasteiger partial charge in [-0.25, -0.2) is 13.1 Å². The first-order valence-electron chi connectivity index (χ1n) is 8.80. The number of hydrogen-bond donors (Lipinski definition) is 0. The second-order valence-electron chi connectivity index (χ2n) is 6.55. The standard InChI is InChI=1S/C19H19ClN4O3S/c1-27-19-8-7-16(11-17(19)20)28(25,26)23-10-9-15(12-23)24-13-18(21-22-24)14-5-3-2-4-6-14/h2-8,11,13,15H,9-10,12H2,1H3/t15-/m0/s1. The van der Waals surface area contributed by atoms with Crippen LogP contribution in [0.15, 0.2) is 59.6 Å². The highest BCUT2D eigenvalue weighted by Crippen LogP contribution is 2.31. The fraction of sp³-hybridized carbons (Fsp3) is 0.263. The average Bonchev–Trinajstić information content (AvgIpc) is 3.38. The molecule has 0 amide bonds. The van der Waals surface area contributed by atoms with Crippen molar-refractivity contribution in [2.75, 3.05) is 20.2 Å². The number of sulfonamides is 1. The third-order valence-electron chi connectivity index (χ3n) is 4.84. The molecule has 0 spiro atoms. The first-order valence-corrected chi connectivity index (χ1v) is 10.6. The summed E-state index contributed by atoms with van der Waals surface area (Å²) < 4.78 is 34.2. The van der Waals surface area contributed by atoms with Crippen molar-refractivity contribution in [3.63, 3.8) is 0 Å². The largest absolute Gasteiger partial charge is 0.495 e. The summed E-state index contributed by atoms with van der Waals surface area (Å²) in [5.74, 6) is 0.441. The molecule has 4 rings (SSSR count). The van der Waals surface area contributed by atoms with Crippen LogP contribution >= 0.6 is 11.6 Å². The monoisotopic (exact) mass is 418 g/mol. The van der Waals surface area contributed by atoms with Crippen molar-refractivity contribution < 1.29 is 13.2 Å². The smallest absolute Gasteiger partial charge is 0.243 e. The molecule has 0 N–H and O–H groups in total. The number of halogens is 1. The van der Waals surface area contributed by atoms with Crippen LogP contribution in [0.25, 0.3) is 11.3 Å². The van der Waals surface area contributed by atoms with Crippen LogP contribution in [-0.4, -0.2) is 47.9 Å². The third kappa shape index (κ3) is 3.50. The van der Waals surface area contributed by atoms with Crippen LogP contribution in [0, 0.1) is 0 Å². The molecule has 28 heavy (non-hydrogen) atoms. The van der Waals surface area contributed by atoms with Gasteiger partial charge in [0.05, 0.1) is 29.3 Å². The zero-order chi connectivity index (χ0) is 19.7. The SMILES string of the molecule is COc1ccc(S(=O)(=O)N2CC[C@H](n3cc(-c4ccccc4)nn3)C2)cc1Cl. The lowest BCUT2D eigenvalue weighted by Crippen LogP contribution is -2.29. The fourth-order valence-corrected chi connectivity index (χ4v) is 5.14. The van der Waals surface area contributed by atoms with Gasteiger partial charge in [0, 0.05) is 18.7 Å². The Balaban J connectivity index is 1.52. The number of methoxy groups -OCH3 is 1. The molecule has 1 aliphatic rings. The van der Waals surface area contributed by atoms with E-state index in [1.807, 2.05) is 36.5 Å². The second kappa shape index (κ2) is 7.54. The molecule has 0 aliphatic carbocycles. The number of rotatable bonds is 5. The quantitative estimate of drug-likeness (QED) is 0.635. The summed E-state index contributed by atoms with van der Waals surface area (Å²) in [6.07, 6.45) is 2.53.